The number of hydrogen-bond acceptors (Lipinski definition) is 4. The molecule has 1 aliphatic heterocycles. The summed E-state index contributed by atoms with van der Waals surface area (Å²) in [7, 11) is 0. The fourth-order valence-corrected chi connectivity index (χ4v) is 9.82. The number of carbonyl (C=O) groups is 2. The molecule has 1 spiro atoms. The average Bonchev–Trinajstić information content (AvgIpc) is 3.38. The maximum absolute atomic E-state index is 12.8. The van der Waals surface area contributed by atoms with Gasteiger partial charge in [-0.3, -0.25) is 4.79 Å². The van der Waals surface area contributed by atoms with Gasteiger partial charge >= 0.3 is 5.97 Å². The van der Waals surface area contributed by atoms with Gasteiger partial charge in [-0.1, -0.05) is 19.9 Å². The SMILES string of the molecule is CC(=O)C1CCC2C3CCC4CC(OC(=O)c5cccc(I)c5)CCC4(C)C34OC4CC12C. The van der Waals surface area contributed by atoms with Gasteiger partial charge in [0.2, 0.25) is 0 Å². The van der Waals surface area contributed by atoms with E-state index in [1.165, 1.54) is 19.3 Å². The molecule has 4 saturated carbocycles. The normalized spacial score (nSPS) is 47.5. The molecule has 5 aliphatic rings. The van der Waals surface area contributed by atoms with Crippen molar-refractivity contribution in [3.63, 3.8) is 0 Å². The van der Waals surface area contributed by atoms with Gasteiger partial charge in [0.1, 0.15) is 17.5 Å². The summed E-state index contributed by atoms with van der Waals surface area (Å²) >= 11 is 2.24. The van der Waals surface area contributed by atoms with E-state index in [0.717, 1.165) is 35.7 Å². The molecule has 1 aromatic carbocycles. The quantitative estimate of drug-likeness (QED) is 0.250. The van der Waals surface area contributed by atoms with Gasteiger partial charge in [-0.25, -0.2) is 4.79 Å². The predicted molar refractivity (Wildman–Crippen MR) is 134 cm³/mol. The zero-order valence-corrected chi connectivity index (χ0v) is 22.1. The topological polar surface area (TPSA) is 55.9 Å². The Balaban J connectivity index is 1.20. The zero-order chi connectivity index (χ0) is 23.2. The number of hydrogen-bond donors (Lipinski definition) is 0. The van der Waals surface area contributed by atoms with Crippen molar-refractivity contribution in [2.45, 2.75) is 89.9 Å². The number of fused-ring (bicyclic) bond motifs is 3. The van der Waals surface area contributed by atoms with Crippen LogP contribution in [0.25, 0.3) is 0 Å². The van der Waals surface area contributed by atoms with Crippen molar-refractivity contribution in [3.8, 4) is 0 Å². The third-order valence-electron chi connectivity index (χ3n) is 10.8. The molecular weight excluding hydrogens is 527 g/mol. The highest BCUT2D eigenvalue weighted by Gasteiger charge is 2.79. The van der Waals surface area contributed by atoms with Crippen molar-refractivity contribution in [2.24, 2.45) is 34.5 Å². The van der Waals surface area contributed by atoms with Crippen LogP contribution in [0.3, 0.4) is 0 Å². The predicted octanol–water partition coefficient (Wildman–Crippen LogP) is 6.20. The summed E-state index contributed by atoms with van der Waals surface area (Å²) in [5.41, 5.74) is 0.915. The molecule has 4 aliphatic carbocycles. The molecule has 0 aromatic heterocycles. The summed E-state index contributed by atoms with van der Waals surface area (Å²) in [5, 5.41) is 0. The Morgan fingerprint density at radius 3 is 2.64 bits per heavy atom. The lowest BCUT2D eigenvalue weighted by atomic mass is 9.44. The molecule has 1 aromatic rings. The van der Waals surface area contributed by atoms with Crippen molar-refractivity contribution >= 4 is 34.3 Å². The van der Waals surface area contributed by atoms with Crippen LogP contribution in [-0.2, 0) is 14.3 Å². The summed E-state index contributed by atoms with van der Waals surface area (Å²) in [6.07, 6.45) is 8.92. The fraction of sp³-hybridized carbons (Fsp3) is 0.714. The van der Waals surface area contributed by atoms with E-state index in [0.29, 0.717) is 35.2 Å². The molecular formula is C28H35IO4. The number of carbonyl (C=O) groups excluding carboxylic acids is 2. The summed E-state index contributed by atoms with van der Waals surface area (Å²) in [6, 6.07) is 7.65. The van der Waals surface area contributed by atoms with E-state index in [9.17, 15) is 9.59 Å². The van der Waals surface area contributed by atoms with Crippen LogP contribution in [0.5, 0.6) is 0 Å². The maximum Gasteiger partial charge on any atom is 0.338 e. The molecule has 1 saturated heterocycles. The zero-order valence-electron chi connectivity index (χ0n) is 19.9. The van der Waals surface area contributed by atoms with Gasteiger partial charge in [0.25, 0.3) is 0 Å². The molecule has 0 N–H and O–H groups in total. The van der Waals surface area contributed by atoms with E-state index < -0.39 is 0 Å². The number of halogens is 1. The Morgan fingerprint density at radius 1 is 1.09 bits per heavy atom. The Labute approximate surface area is 210 Å². The molecule has 9 unspecified atom stereocenters. The third-order valence-corrected chi connectivity index (χ3v) is 11.5. The molecule has 6 rings (SSSR count). The number of esters is 1. The number of epoxide rings is 1. The number of rotatable bonds is 3. The van der Waals surface area contributed by atoms with Gasteiger partial charge < -0.3 is 9.47 Å². The van der Waals surface area contributed by atoms with Gasteiger partial charge in [0.15, 0.2) is 0 Å². The van der Waals surface area contributed by atoms with Gasteiger partial charge in [-0.2, -0.15) is 0 Å². The van der Waals surface area contributed by atoms with Crippen LogP contribution in [0.4, 0.5) is 0 Å². The first-order valence-corrected chi connectivity index (χ1v) is 13.9. The molecule has 5 heteroatoms. The molecule has 0 bridgehead atoms. The number of ether oxygens (including phenoxy) is 2. The number of benzene rings is 1. The monoisotopic (exact) mass is 562 g/mol. The molecule has 0 radical (unpaired) electrons. The van der Waals surface area contributed by atoms with Crippen LogP contribution in [0, 0.1) is 38.1 Å². The van der Waals surface area contributed by atoms with Gasteiger partial charge in [-0.15, -0.1) is 0 Å². The van der Waals surface area contributed by atoms with E-state index in [-0.39, 0.29) is 34.4 Å². The van der Waals surface area contributed by atoms with Crippen LogP contribution >= 0.6 is 22.6 Å². The molecule has 9 atom stereocenters. The third kappa shape index (κ3) is 3.09. The van der Waals surface area contributed by atoms with Crippen molar-refractivity contribution in [2.75, 3.05) is 0 Å². The van der Waals surface area contributed by atoms with E-state index >= 15 is 0 Å². The highest BCUT2D eigenvalue weighted by Crippen LogP contribution is 2.76. The molecule has 5 fully saturated rings. The smallest absolute Gasteiger partial charge is 0.338 e. The second-order valence-corrected chi connectivity index (χ2v) is 13.3. The minimum atomic E-state index is -0.191. The summed E-state index contributed by atoms with van der Waals surface area (Å²) in [6.45, 7) is 6.66. The van der Waals surface area contributed by atoms with Gasteiger partial charge in [0, 0.05) is 14.9 Å². The Hall–Kier alpha value is -0.950. The van der Waals surface area contributed by atoms with Crippen LogP contribution in [-0.4, -0.2) is 29.6 Å². The molecule has 33 heavy (non-hydrogen) atoms. The number of ketones is 1. The van der Waals surface area contributed by atoms with E-state index in [1.807, 2.05) is 24.3 Å². The second kappa shape index (κ2) is 7.52. The lowest BCUT2D eigenvalue weighted by Gasteiger charge is -2.59. The highest BCUT2D eigenvalue weighted by molar-refractivity contribution is 14.1. The van der Waals surface area contributed by atoms with Crippen LogP contribution in [0.2, 0.25) is 0 Å². The van der Waals surface area contributed by atoms with E-state index in [2.05, 4.69) is 36.4 Å². The summed E-state index contributed by atoms with van der Waals surface area (Å²) in [5.74, 6) is 2.13. The lowest BCUT2D eigenvalue weighted by Crippen LogP contribution is -2.60. The van der Waals surface area contributed by atoms with E-state index in [4.69, 9.17) is 9.47 Å². The average molecular weight is 562 g/mol. The molecule has 0 amide bonds. The van der Waals surface area contributed by atoms with Crippen LogP contribution in [0.1, 0.15) is 82.5 Å². The first-order valence-electron chi connectivity index (χ1n) is 12.8. The number of Topliss-reactive ketones (excluding diaryl/α,β-unsaturated/α-hetero) is 1. The fourth-order valence-electron chi connectivity index (χ4n) is 9.28. The minimum Gasteiger partial charge on any atom is -0.459 e. The molecule has 4 nitrogen and oxygen atoms in total. The second-order valence-electron chi connectivity index (χ2n) is 12.1. The van der Waals surface area contributed by atoms with Crippen molar-refractivity contribution < 1.29 is 19.1 Å². The van der Waals surface area contributed by atoms with Gasteiger partial charge in [0.05, 0.1) is 11.7 Å². The maximum atomic E-state index is 12.8. The van der Waals surface area contributed by atoms with E-state index in [1.54, 1.807) is 6.92 Å². The summed E-state index contributed by atoms with van der Waals surface area (Å²) in [4.78, 5) is 25.2. The lowest BCUT2D eigenvalue weighted by molar-refractivity contribution is -0.133. The van der Waals surface area contributed by atoms with Crippen molar-refractivity contribution in [3.05, 3.63) is 33.4 Å². The molecule has 1 heterocycles. The highest BCUT2D eigenvalue weighted by atomic mass is 127. The Morgan fingerprint density at radius 2 is 1.88 bits per heavy atom. The Bertz CT molecular complexity index is 1010. The van der Waals surface area contributed by atoms with Crippen molar-refractivity contribution in [1.29, 1.82) is 0 Å². The molecule has 178 valence electrons. The van der Waals surface area contributed by atoms with Crippen molar-refractivity contribution in [1.82, 2.24) is 0 Å². The summed E-state index contributed by atoms with van der Waals surface area (Å²) < 4.78 is 13.8. The largest absolute Gasteiger partial charge is 0.459 e. The minimum absolute atomic E-state index is 0.000947. The first kappa shape index (κ1) is 22.5. The Kier molecular flexibility index (Phi) is 5.13. The standard InChI is InChI=1S/C28H35IO4/c1-16(30)21-9-10-22-23-8-7-18-14-20(32-25(31)17-5-4-6-19(29)13-17)11-12-27(18,3)28(23)24(33-28)15-26(21,22)2/h4-6,13,18,20-24H,7-12,14-15H2,1-3H3. The van der Waals surface area contributed by atoms with Crippen LogP contribution in [0.15, 0.2) is 24.3 Å². The first-order chi connectivity index (χ1) is 15.7. The van der Waals surface area contributed by atoms with Crippen LogP contribution < -0.4 is 0 Å². The van der Waals surface area contributed by atoms with Gasteiger partial charge in [-0.05, 0) is 122 Å².